The van der Waals surface area contributed by atoms with E-state index in [1.807, 2.05) is 0 Å². The Kier molecular flexibility index (Phi) is 52.8. The summed E-state index contributed by atoms with van der Waals surface area (Å²) in [5, 5.41) is 31.6. The molecule has 464 valence electrons. The van der Waals surface area contributed by atoms with E-state index in [2.05, 4.69) is 32.9 Å². The van der Waals surface area contributed by atoms with Gasteiger partial charge in [0.15, 0.2) is 24.6 Å². The lowest BCUT2D eigenvalue weighted by Crippen LogP contribution is -2.61. The fourth-order valence-corrected chi connectivity index (χ4v) is 10.7. The minimum absolute atomic E-state index is 0.0651. The number of ether oxygens (including phenoxy) is 5. The Hall–Kier alpha value is -2.54. The highest BCUT2D eigenvalue weighted by Crippen LogP contribution is 2.27. The molecule has 0 aromatic rings. The van der Waals surface area contributed by atoms with E-state index in [0.717, 1.165) is 70.6 Å². The van der Waals surface area contributed by atoms with Crippen LogP contribution in [-0.4, -0.2) is 89.2 Å². The van der Waals surface area contributed by atoms with Crippen molar-refractivity contribution >= 4 is 23.9 Å². The van der Waals surface area contributed by atoms with Gasteiger partial charge < -0.3 is 39.0 Å². The van der Waals surface area contributed by atoms with Gasteiger partial charge in [-0.1, -0.05) is 290 Å². The normalized spacial score (nSPS) is 17.8. The van der Waals surface area contributed by atoms with Gasteiger partial charge in [0.2, 0.25) is 0 Å². The number of unbranched alkanes of at least 4 members (excludes halogenated alkanes) is 43. The van der Waals surface area contributed by atoms with Gasteiger partial charge in [0.05, 0.1) is 6.61 Å². The van der Waals surface area contributed by atoms with Crippen molar-refractivity contribution in [3.8, 4) is 0 Å². The number of carbonyl (C=O) groups is 4. The number of carbonyl (C=O) groups excluding carboxylic acids is 3. The van der Waals surface area contributed by atoms with Crippen molar-refractivity contribution in [3.63, 3.8) is 0 Å². The summed E-state index contributed by atoms with van der Waals surface area (Å²) < 4.78 is 28.6. The molecule has 0 aromatic carbocycles. The van der Waals surface area contributed by atoms with Gasteiger partial charge in [-0.3, -0.25) is 14.4 Å². The second-order valence-corrected chi connectivity index (χ2v) is 23.5. The quantitative estimate of drug-likeness (QED) is 0.0228. The number of allylic oxidation sites excluding steroid dienone is 2. The molecule has 0 saturated carbocycles. The molecule has 1 aliphatic heterocycles. The number of aliphatic hydroxyl groups excluding tert-OH is 2. The summed E-state index contributed by atoms with van der Waals surface area (Å²) in [6, 6.07) is 0. The molecule has 1 saturated heterocycles. The van der Waals surface area contributed by atoms with Gasteiger partial charge in [-0.05, 0) is 44.9 Å². The molecule has 0 amide bonds. The van der Waals surface area contributed by atoms with Crippen LogP contribution >= 0.6 is 0 Å². The van der Waals surface area contributed by atoms with Crippen LogP contribution in [0.3, 0.4) is 0 Å². The molecule has 6 atom stereocenters. The third-order valence-corrected chi connectivity index (χ3v) is 15.8. The highest BCUT2D eigenvalue weighted by molar-refractivity contribution is 5.74. The summed E-state index contributed by atoms with van der Waals surface area (Å²) in [6.45, 7) is 6.06. The van der Waals surface area contributed by atoms with E-state index in [4.69, 9.17) is 23.7 Å². The van der Waals surface area contributed by atoms with Crippen LogP contribution in [0.4, 0.5) is 0 Å². The molecule has 0 spiro atoms. The fraction of sp³-hybridized carbons (Fsp3) is 0.910. The number of carboxylic acids is 1. The van der Waals surface area contributed by atoms with Crippen LogP contribution in [0, 0.1) is 0 Å². The molecule has 79 heavy (non-hydrogen) atoms. The highest BCUT2D eigenvalue weighted by Gasteiger charge is 2.50. The van der Waals surface area contributed by atoms with E-state index >= 15 is 0 Å². The number of aliphatic carboxylic acids is 1. The highest BCUT2D eigenvalue weighted by atomic mass is 16.7. The summed E-state index contributed by atoms with van der Waals surface area (Å²) in [5.41, 5.74) is 0. The average Bonchev–Trinajstić information content (AvgIpc) is 3.44. The maximum atomic E-state index is 13.2. The van der Waals surface area contributed by atoms with Crippen molar-refractivity contribution in [3.05, 3.63) is 12.2 Å². The predicted molar refractivity (Wildman–Crippen MR) is 322 cm³/mol. The number of hydrogen-bond acceptors (Lipinski definition) is 11. The summed E-state index contributed by atoms with van der Waals surface area (Å²) in [5.74, 6) is -3.07. The molecular formula is C67H124O12. The molecule has 0 bridgehead atoms. The van der Waals surface area contributed by atoms with E-state index in [-0.39, 0.29) is 25.9 Å². The molecule has 0 aromatic heterocycles. The maximum absolute atomic E-state index is 13.2. The first kappa shape index (κ1) is 74.5. The molecule has 0 radical (unpaired) electrons. The zero-order valence-electron chi connectivity index (χ0n) is 51.4. The first-order chi connectivity index (χ1) is 38.6. The molecule has 6 unspecified atom stereocenters. The SMILES string of the molecule is CCCCCCCC/C=C\CCCCCCCCCCCC(=O)OC1C(OCC(COC(=O)CCCCCCCCCCCCCCCCC)OC(=O)CCCCCCCCCCCCCCCCC)OC(C(=O)O)C(O)C1O. The Bertz CT molecular complexity index is 1420. The van der Waals surface area contributed by atoms with Crippen LogP contribution in [0.1, 0.15) is 342 Å². The summed E-state index contributed by atoms with van der Waals surface area (Å²) in [7, 11) is 0. The van der Waals surface area contributed by atoms with Crippen LogP contribution in [0.5, 0.6) is 0 Å². The van der Waals surface area contributed by atoms with Crippen molar-refractivity contribution in [2.75, 3.05) is 13.2 Å². The van der Waals surface area contributed by atoms with Gasteiger partial charge in [-0.15, -0.1) is 0 Å². The van der Waals surface area contributed by atoms with E-state index in [1.54, 1.807) is 0 Å². The first-order valence-electron chi connectivity index (χ1n) is 33.7. The van der Waals surface area contributed by atoms with E-state index in [1.165, 1.54) is 212 Å². The Morgan fingerprint density at radius 1 is 0.405 bits per heavy atom. The fourth-order valence-electron chi connectivity index (χ4n) is 10.7. The minimum Gasteiger partial charge on any atom is -0.479 e. The number of carboxylic acid groups (broad SMARTS) is 1. The third-order valence-electron chi connectivity index (χ3n) is 15.8. The van der Waals surface area contributed by atoms with Gasteiger partial charge in [0, 0.05) is 19.3 Å². The number of hydrogen-bond donors (Lipinski definition) is 3. The zero-order chi connectivity index (χ0) is 57.5. The number of esters is 3. The maximum Gasteiger partial charge on any atom is 0.335 e. The van der Waals surface area contributed by atoms with Gasteiger partial charge in [-0.25, -0.2) is 4.79 Å². The van der Waals surface area contributed by atoms with E-state index in [9.17, 15) is 34.5 Å². The molecular weight excluding hydrogens is 997 g/mol. The number of aliphatic hydroxyl groups is 2. The number of rotatable bonds is 59. The van der Waals surface area contributed by atoms with Crippen LogP contribution < -0.4 is 0 Å². The first-order valence-corrected chi connectivity index (χ1v) is 33.7. The minimum atomic E-state index is -1.90. The summed E-state index contributed by atoms with van der Waals surface area (Å²) in [6.07, 6.45) is 51.6. The van der Waals surface area contributed by atoms with Crippen molar-refractivity contribution in [2.45, 2.75) is 379 Å². The molecule has 1 fully saturated rings. The molecule has 0 aliphatic carbocycles. The van der Waals surface area contributed by atoms with E-state index < -0.39 is 67.3 Å². The standard InChI is InChI=1S/C67H124O12/c1-4-7-10-13-16-19-22-25-28-29-30-31-34-37-40-43-46-49-52-55-61(70)78-65-63(72)62(71)64(66(73)74)79-67(65)76-57-58(77-60(69)54-51-48-45-42-39-36-33-27-24-21-18-15-12-9-6-3)56-75-59(68)53-50-47-44-41-38-35-32-26-23-20-17-14-11-8-5-2/h25,28,58,62-65,67,71-72H,4-24,26-27,29-57H2,1-3H3,(H,73,74)/b28-25-. The lowest BCUT2D eigenvalue weighted by Gasteiger charge is -2.40. The van der Waals surface area contributed by atoms with Gasteiger partial charge in [-0.2, -0.15) is 0 Å². The largest absolute Gasteiger partial charge is 0.479 e. The monoisotopic (exact) mass is 1120 g/mol. The molecule has 1 aliphatic rings. The predicted octanol–water partition coefficient (Wildman–Crippen LogP) is 18.0. The van der Waals surface area contributed by atoms with E-state index in [0.29, 0.717) is 19.3 Å². The average molecular weight is 1120 g/mol. The Morgan fingerprint density at radius 3 is 1.08 bits per heavy atom. The van der Waals surface area contributed by atoms with Gasteiger partial charge in [0.1, 0.15) is 18.8 Å². The van der Waals surface area contributed by atoms with Crippen molar-refractivity contribution in [1.29, 1.82) is 0 Å². The zero-order valence-corrected chi connectivity index (χ0v) is 51.4. The Morgan fingerprint density at radius 2 is 0.722 bits per heavy atom. The molecule has 1 rings (SSSR count). The van der Waals surface area contributed by atoms with Crippen LogP contribution in [0.25, 0.3) is 0 Å². The van der Waals surface area contributed by atoms with Crippen LogP contribution in [0.15, 0.2) is 12.2 Å². The van der Waals surface area contributed by atoms with Crippen molar-refractivity contribution in [1.82, 2.24) is 0 Å². The van der Waals surface area contributed by atoms with Gasteiger partial charge in [0.25, 0.3) is 0 Å². The Balaban J connectivity index is 2.62. The second kappa shape index (κ2) is 56.0. The Labute approximate surface area is 484 Å². The van der Waals surface area contributed by atoms with Crippen molar-refractivity contribution in [2.24, 2.45) is 0 Å². The van der Waals surface area contributed by atoms with Gasteiger partial charge >= 0.3 is 23.9 Å². The smallest absolute Gasteiger partial charge is 0.335 e. The van der Waals surface area contributed by atoms with Crippen LogP contribution in [-0.2, 0) is 42.9 Å². The lowest BCUT2D eigenvalue weighted by molar-refractivity contribution is -0.301. The molecule has 3 N–H and O–H groups in total. The van der Waals surface area contributed by atoms with Crippen LogP contribution in [0.2, 0.25) is 0 Å². The lowest BCUT2D eigenvalue weighted by atomic mass is 9.98. The molecule has 12 heteroatoms. The summed E-state index contributed by atoms with van der Waals surface area (Å²) in [4.78, 5) is 51.3. The summed E-state index contributed by atoms with van der Waals surface area (Å²) >= 11 is 0. The third kappa shape index (κ3) is 45.6. The topological polar surface area (TPSA) is 175 Å². The van der Waals surface area contributed by atoms with Crippen molar-refractivity contribution < 1.29 is 58.2 Å². The molecule has 1 heterocycles. The molecule has 12 nitrogen and oxygen atoms in total. The second-order valence-electron chi connectivity index (χ2n) is 23.5.